The van der Waals surface area contributed by atoms with Crippen molar-refractivity contribution < 1.29 is 14.7 Å². The normalized spacial score (nSPS) is 11.9. The van der Waals surface area contributed by atoms with Crippen LogP contribution in [0.3, 0.4) is 0 Å². The van der Waals surface area contributed by atoms with Crippen molar-refractivity contribution in [2.45, 2.75) is 25.2 Å². The fraction of sp³-hybridized carbons (Fsp3) is 0.429. The van der Waals surface area contributed by atoms with Gasteiger partial charge in [0.2, 0.25) is 5.91 Å². The maximum absolute atomic E-state index is 11.7. The van der Waals surface area contributed by atoms with Gasteiger partial charge in [0.25, 0.3) is 0 Å². The summed E-state index contributed by atoms with van der Waals surface area (Å²) in [6.45, 7) is 3.97. The van der Waals surface area contributed by atoms with Crippen LogP contribution in [0.5, 0.6) is 0 Å². The van der Waals surface area contributed by atoms with Gasteiger partial charge in [0, 0.05) is 15.9 Å². The van der Waals surface area contributed by atoms with Crippen LogP contribution in [0.2, 0.25) is 0 Å². The molecule has 2 N–H and O–H groups in total. The average Bonchev–Trinajstić information content (AvgIpc) is 2.38. The molecule has 1 unspecified atom stereocenters. The lowest BCUT2D eigenvalue weighted by Crippen LogP contribution is -2.33. The molecule has 4 nitrogen and oxygen atoms in total. The highest BCUT2D eigenvalue weighted by Crippen LogP contribution is 2.25. The van der Waals surface area contributed by atoms with E-state index in [-0.39, 0.29) is 12.5 Å². The molecule has 0 heterocycles. The van der Waals surface area contributed by atoms with E-state index >= 15 is 0 Å². The van der Waals surface area contributed by atoms with Gasteiger partial charge in [-0.2, -0.15) is 0 Å². The zero-order valence-corrected chi connectivity index (χ0v) is 13.9. The molecular weight excluding hydrogens is 342 g/mol. The minimum atomic E-state index is -0.871. The van der Waals surface area contributed by atoms with E-state index in [9.17, 15) is 9.59 Å². The Kier molecular flexibility index (Phi) is 7.09. The lowest BCUT2D eigenvalue weighted by atomic mass is 10.1. The summed E-state index contributed by atoms with van der Waals surface area (Å²) in [7, 11) is 0. The van der Waals surface area contributed by atoms with Gasteiger partial charge >= 0.3 is 5.97 Å². The molecule has 0 aliphatic carbocycles. The van der Waals surface area contributed by atoms with Gasteiger partial charge in [0.15, 0.2) is 0 Å². The Bertz CT molecular complexity index is 493. The summed E-state index contributed by atoms with van der Waals surface area (Å²) >= 11 is 4.85. The number of carboxylic acids is 1. The topological polar surface area (TPSA) is 66.4 Å². The molecule has 0 saturated carbocycles. The highest BCUT2D eigenvalue weighted by atomic mass is 79.9. The Morgan fingerprint density at radius 3 is 2.70 bits per heavy atom. The van der Waals surface area contributed by atoms with Crippen molar-refractivity contribution in [3.05, 3.63) is 28.2 Å². The molecule has 0 radical (unpaired) electrons. The Morgan fingerprint density at radius 2 is 2.15 bits per heavy atom. The monoisotopic (exact) mass is 359 g/mol. The molecule has 0 fully saturated rings. The second-order valence-electron chi connectivity index (χ2n) is 4.45. The van der Waals surface area contributed by atoms with Crippen LogP contribution in [0.1, 0.15) is 18.9 Å². The third-order valence-electron chi connectivity index (χ3n) is 2.88. The molecule has 6 heteroatoms. The van der Waals surface area contributed by atoms with Crippen molar-refractivity contribution in [2.24, 2.45) is 5.92 Å². The molecule has 0 saturated heterocycles. The van der Waals surface area contributed by atoms with Crippen LogP contribution in [0.25, 0.3) is 0 Å². The smallest absolute Gasteiger partial charge is 0.308 e. The molecule has 0 aromatic heterocycles. The zero-order valence-electron chi connectivity index (χ0n) is 11.5. The van der Waals surface area contributed by atoms with E-state index in [4.69, 9.17) is 5.11 Å². The third kappa shape index (κ3) is 5.54. The summed E-state index contributed by atoms with van der Waals surface area (Å²) in [5.74, 6) is -1.24. The Hall–Kier alpha value is -1.01. The number of amides is 1. The van der Waals surface area contributed by atoms with Gasteiger partial charge in [0.1, 0.15) is 0 Å². The minimum absolute atomic E-state index is 0.142. The number of halogens is 1. The molecule has 1 atom stereocenters. The molecule has 0 aliphatic rings. The number of thioether (sulfide) groups is 1. The predicted octanol–water partition coefficient (Wildman–Crippen LogP) is 3.08. The SMILES string of the molecule is CCC(CNC(=O)CSc1ccc(Br)cc1C)C(=O)O. The fourth-order valence-electron chi connectivity index (χ4n) is 1.61. The number of aliphatic carboxylic acids is 1. The van der Waals surface area contributed by atoms with E-state index in [1.807, 2.05) is 25.1 Å². The molecule has 20 heavy (non-hydrogen) atoms. The first kappa shape index (κ1) is 17.0. The third-order valence-corrected chi connectivity index (χ3v) is 4.55. The van der Waals surface area contributed by atoms with Crippen molar-refractivity contribution in [2.75, 3.05) is 12.3 Å². The number of carbonyl (C=O) groups is 2. The van der Waals surface area contributed by atoms with Gasteiger partial charge in [0.05, 0.1) is 11.7 Å². The van der Waals surface area contributed by atoms with E-state index in [1.165, 1.54) is 11.8 Å². The first-order chi connectivity index (χ1) is 9.43. The van der Waals surface area contributed by atoms with Gasteiger partial charge < -0.3 is 10.4 Å². The van der Waals surface area contributed by atoms with Crippen molar-refractivity contribution >= 4 is 39.6 Å². The van der Waals surface area contributed by atoms with Crippen molar-refractivity contribution in [1.29, 1.82) is 0 Å². The summed E-state index contributed by atoms with van der Waals surface area (Å²) in [6.07, 6.45) is 0.509. The molecule has 1 aromatic rings. The van der Waals surface area contributed by atoms with Crippen molar-refractivity contribution in [1.82, 2.24) is 5.32 Å². The van der Waals surface area contributed by atoms with Gasteiger partial charge in [-0.25, -0.2) is 0 Å². The maximum Gasteiger partial charge on any atom is 0.308 e. The van der Waals surface area contributed by atoms with Crippen LogP contribution in [-0.4, -0.2) is 29.3 Å². The number of benzene rings is 1. The fourth-order valence-corrected chi connectivity index (χ4v) is 2.93. The first-order valence-corrected chi connectivity index (χ1v) is 8.10. The average molecular weight is 360 g/mol. The van der Waals surface area contributed by atoms with Crippen LogP contribution < -0.4 is 5.32 Å². The van der Waals surface area contributed by atoms with E-state index in [2.05, 4.69) is 21.2 Å². The largest absolute Gasteiger partial charge is 0.481 e. The summed E-state index contributed by atoms with van der Waals surface area (Å²) in [6, 6.07) is 5.89. The number of hydrogen-bond donors (Lipinski definition) is 2. The standard InChI is InChI=1S/C14H18BrNO3S/c1-3-10(14(18)19)7-16-13(17)8-20-12-5-4-11(15)6-9(12)2/h4-6,10H,3,7-8H2,1-2H3,(H,16,17)(H,18,19). The number of carboxylic acid groups (broad SMARTS) is 1. The lowest BCUT2D eigenvalue weighted by Gasteiger charge is -2.11. The summed E-state index contributed by atoms with van der Waals surface area (Å²) < 4.78 is 1.01. The predicted molar refractivity (Wildman–Crippen MR) is 84.0 cm³/mol. The Morgan fingerprint density at radius 1 is 1.45 bits per heavy atom. The van der Waals surface area contributed by atoms with E-state index in [0.29, 0.717) is 12.2 Å². The molecule has 0 bridgehead atoms. The van der Waals surface area contributed by atoms with E-state index < -0.39 is 11.9 Å². The Labute approximate surface area is 131 Å². The van der Waals surface area contributed by atoms with Gasteiger partial charge in [-0.15, -0.1) is 11.8 Å². The maximum atomic E-state index is 11.7. The molecule has 1 rings (SSSR count). The molecule has 1 aromatic carbocycles. The first-order valence-electron chi connectivity index (χ1n) is 6.32. The lowest BCUT2D eigenvalue weighted by molar-refractivity contribution is -0.141. The van der Waals surface area contributed by atoms with Gasteiger partial charge in [-0.3, -0.25) is 9.59 Å². The van der Waals surface area contributed by atoms with Crippen LogP contribution >= 0.6 is 27.7 Å². The second kappa shape index (κ2) is 8.32. The Balaban J connectivity index is 2.41. The molecule has 1 amide bonds. The highest BCUT2D eigenvalue weighted by Gasteiger charge is 2.15. The quantitative estimate of drug-likeness (QED) is 0.734. The van der Waals surface area contributed by atoms with E-state index in [0.717, 1.165) is 14.9 Å². The van der Waals surface area contributed by atoms with Crippen molar-refractivity contribution in [3.63, 3.8) is 0 Å². The summed E-state index contributed by atoms with van der Waals surface area (Å²) in [4.78, 5) is 23.6. The number of hydrogen-bond acceptors (Lipinski definition) is 3. The van der Waals surface area contributed by atoms with Gasteiger partial charge in [-0.1, -0.05) is 22.9 Å². The second-order valence-corrected chi connectivity index (χ2v) is 6.38. The number of rotatable bonds is 7. The van der Waals surface area contributed by atoms with Crippen LogP contribution in [-0.2, 0) is 9.59 Å². The van der Waals surface area contributed by atoms with Crippen LogP contribution in [0.4, 0.5) is 0 Å². The van der Waals surface area contributed by atoms with Crippen LogP contribution in [0, 0.1) is 12.8 Å². The minimum Gasteiger partial charge on any atom is -0.481 e. The number of aryl methyl sites for hydroxylation is 1. The summed E-state index contributed by atoms with van der Waals surface area (Å²) in [5, 5.41) is 11.6. The number of carbonyl (C=O) groups excluding carboxylic acids is 1. The molecule has 0 aliphatic heterocycles. The number of nitrogens with one attached hydrogen (secondary N) is 1. The highest BCUT2D eigenvalue weighted by molar-refractivity contribution is 9.10. The molecule has 0 spiro atoms. The summed E-state index contributed by atoms with van der Waals surface area (Å²) in [5.41, 5.74) is 1.11. The van der Waals surface area contributed by atoms with Crippen molar-refractivity contribution in [3.8, 4) is 0 Å². The van der Waals surface area contributed by atoms with E-state index in [1.54, 1.807) is 6.92 Å². The van der Waals surface area contributed by atoms with Gasteiger partial charge in [-0.05, 0) is 37.1 Å². The zero-order chi connectivity index (χ0) is 15.1. The van der Waals surface area contributed by atoms with Crippen LogP contribution in [0.15, 0.2) is 27.6 Å². The molecular formula is C14H18BrNO3S. The molecule has 110 valence electrons.